The van der Waals surface area contributed by atoms with Gasteiger partial charge in [0, 0.05) is 0 Å². The number of halogens is 1. The lowest BCUT2D eigenvalue weighted by Crippen LogP contribution is -2.12. The summed E-state index contributed by atoms with van der Waals surface area (Å²) in [5.41, 5.74) is 2.89. The van der Waals surface area contributed by atoms with Crippen molar-refractivity contribution in [2.75, 3.05) is 0 Å². The standard InChI is InChI=1S/C18H25F/c1-6-15-11-9-13-17(18(4,5)19)16(15)12-8-7-10-14(2)3/h8-9,11-13H,2,6-7,10H2,1,3-5H3/b12-8+. The summed E-state index contributed by atoms with van der Waals surface area (Å²) in [5, 5.41) is 0. The van der Waals surface area contributed by atoms with E-state index in [1.165, 1.54) is 11.1 Å². The molecule has 1 aromatic rings. The van der Waals surface area contributed by atoms with Crippen LogP contribution in [-0.4, -0.2) is 0 Å². The van der Waals surface area contributed by atoms with Crippen molar-refractivity contribution in [1.29, 1.82) is 0 Å². The summed E-state index contributed by atoms with van der Waals surface area (Å²) < 4.78 is 14.3. The van der Waals surface area contributed by atoms with E-state index in [4.69, 9.17) is 0 Å². The minimum atomic E-state index is -1.31. The Morgan fingerprint density at radius 3 is 2.58 bits per heavy atom. The minimum absolute atomic E-state index is 0.776. The number of alkyl halides is 1. The number of benzene rings is 1. The zero-order valence-electron chi connectivity index (χ0n) is 12.6. The molecule has 104 valence electrons. The molecule has 19 heavy (non-hydrogen) atoms. The van der Waals surface area contributed by atoms with Gasteiger partial charge in [0.15, 0.2) is 0 Å². The van der Waals surface area contributed by atoms with Crippen LogP contribution in [-0.2, 0) is 12.1 Å². The van der Waals surface area contributed by atoms with Crippen molar-refractivity contribution in [1.82, 2.24) is 0 Å². The zero-order chi connectivity index (χ0) is 14.5. The van der Waals surface area contributed by atoms with E-state index in [2.05, 4.69) is 31.7 Å². The maximum atomic E-state index is 14.3. The van der Waals surface area contributed by atoms with E-state index in [1.54, 1.807) is 13.8 Å². The summed E-state index contributed by atoms with van der Waals surface area (Å²) in [7, 11) is 0. The molecule has 0 aliphatic rings. The molecule has 0 bridgehead atoms. The second-order valence-corrected chi connectivity index (χ2v) is 5.60. The van der Waals surface area contributed by atoms with Gasteiger partial charge in [-0.05, 0) is 56.7 Å². The Kier molecular flexibility index (Phi) is 5.53. The Morgan fingerprint density at radius 1 is 1.37 bits per heavy atom. The molecular formula is C18H25F. The van der Waals surface area contributed by atoms with Gasteiger partial charge < -0.3 is 0 Å². The van der Waals surface area contributed by atoms with Gasteiger partial charge in [-0.1, -0.05) is 42.8 Å². The smallest absolute Gasteiger partial charge is 0.131 e. The summed E-state index contributed by atoms with van der Waals surface area (Å²) in [5.74, 6) is 0. The van der Waals surface area contributed by atoms with E-state index in [1.807, 2.05) is 19.1 Å². The molecule has 0 saturated heterocycles. The molecule has 0 aliphatic carbocycles. The summed E-state index contributed by atoms with van der Waals surface area (Å²) in [4.78, 5) is 0. The van der Waals surface area contributed by atoms with E-state index < -0.39 is 5.67 Å². The first kappa shape index (κ1) is 15.7. The molecule has 0 fully saturated rings. The first-order chi connectivity index (χ1) is 8.86. The minimum Gasteiger partial charge on any atom is -0.239 e. The first-order valence-electron chi connectivity index (χ1n) is 6.98. The van der Waals surface area contributed by atoms with Crippen LogP contribution in [0.15, 0.2) is 36.4 Å². The van der Waals surface area contributed by atoms with Gasteiger partial charge >= 0.3 is 0 Å². The van der Waals surface area contributed by atoms with Crippen molar-refractivity contribution >= 4 is 6.08 Å². The highest BCUT2D eigenvalue weighted by Crippen LogP contribution is 2.31. The molecule has 1 heteroatoms. The molecular weight excluding hydrogens is 235 g/mol. The fourth-order valence-electron chi connectivity index (χ4n) is 2.17. The van der Waals surface area contributed by atoms with E-state index in [-0.39, 0.29) is 0 Å². The van der Waals surface area contributed by atoms with Crippen LogP contribution in [0, 0.1) is 0 Å². The monoisotopic (exact) mass is 260 g/mol. The molecule has 1 aromatic carbocycles. The molecule has 0 saturated carbocycles. The molecule has 0 N–H and O–H groups in total. The summed E-state index contributed by atoms with van der Waals surface area (Å²) in [6, 6.07) is 5.91. The van der Waals surface area contributed by atoms with Crippen LogP contribution in [0.2, 0.25) is 0 Å². The zero-order valence-corrected chi connectivity index (χ0v) is 12.6. The predicted octanol–water partition coefficient (Wildman–Crippen LogP) is 5.82. The third kappa shape index (κ3) is 4.66. The average molecular weight is 260 g/mol. The van der Waals surface area contributed by atoms with Crippen molar-refractivity contribution in [3.05, 3.63) is 53.1 Å². The first-order valence-corrected chi connectivity index (χ1v) is 6.98. The highest BCUT2D eigenvalue weighted by atomic mass is 19.1. The molecule has 0 heterocycles. The van der Waals surface area contributed by atoms with Gasteiger partial charge in [-0.2, -0.15) is 0 Å². The maximum Gasteiger partial charge on any atom is 0.131 e. The van der Waals surface area contributed by atoms with Crippen molar-refractivity contribution in [2.45, 2.75) is 52.6 Å². The number of aryl methyl sites for hydroxylation is 1. The molecule has 0 nitrogen and oxygen atoms in total. The van der Waals surface area contributed by atoms with Crippen LogP contribution >= 0.6 is 0 Å². The second-order valence-electron chi connectivity index (χ2n) is 5.60. The van der Waals surface area contributed by atoms with Crippen LogP contribution in [0.3, 0.4) is 0 Å². The topological polar surface area (TPSA) is 0 Å². The molecule has 0 aromatic heterocycles. The van der Waals surface area contributed by atoms with Crippen LogP contribution in [0.4, 0.5) is 4.39 Å². The molecule has 0 unspecified atom stereocenters. The largest absolute Gasteiger partial charge is 0.239 e. The molecule has 0 atom stereocenters. The SMILES string of the molecule is C=C(C)CC/C=C/c1c(CC)cccc1C(C)(C)F. The van der Waals surface area contributed by atoms with Gasteiger partial charge in [0.1, 0.15) is 5.67 Å². The molecule has 0 aliphatic heterocycles. The number of hydrogen-bond acceptors (Lipinski definition) is 0. The summed E-state index contributed by atoms with van der Waals surface area (Å²) in [6.45, 7) is 11.3. The fourth-order valence-corrected chi connectivity index (χ4v) is 2.17. The number of hydrogen-bond donors (Lipinski definition) is 0. The quantitative estimate of drug-likeness (QED) is 0.565. The van der Waals surface area contributed by atoms with Crippen LogP contribution in [0.5, 0.6) is 0 Å². The van der Waals surface area contributed by atoms with Crippen molar-refractivity contribution < 1.29 is 4.39 Å². The number of allylic oxidation sites excluding steroid dienone is 2. The van der Waals surface area contributed by atoms with Crippen LogP contribution < -0.4 is 0 Å². The molecule has 0 radical (unpaired) electrons. The lowest BCUT2D eigenvalue weighted by atomic mass is 9.90. The fraction of sp³-hybridized carbons (Fsp3) is 0.444. The maximum absolute atomic E-state index is 14.3. The highest BCUT2D eigenvalue weighted by Gasteiger charge is 2.22. The lowest BCUT2D eigenvalue weighted by Gasteiger charge is -2.20. The highest BCUT2D eigenvalue weighted by molar-refractivity contribution is 5.59. The van der Waals surface area contributed by atoms with Gasteiger partial charge in [-0.3, -0.25) is 0 Å². The van der Waals surface area contributed by atoms with Crippen LogP contribution in [0.1, 0.15) is 57.2 Å². The van der Waals surface area contributed by atoms with Crippen molar-refractivity contribution in [2.24, 2.45) is 0 Å². The molecule has 1 rings (SSSR count). The Hall–Kier alpha value is -1.37. The van der Waals surface area contributed by atoms with E-state index >= 15 is 0 Å². The van der Waals surface area contributed by atoms with Gasteiger partial charge in [-0.25, -0.2) is 4.39 Å². The summed E-state index contributed by atoms with van der Waals surface area (Å²) in [6.07, 6.45) is 7.06. The summed E-state index contributed by atoms with van der Waals surface area (Å²) >= 11 is 0. The Balaban J connectivity index is 3.05. The van der Waals surface area contributed by atoms with Gasteiger partial charge in [0.25, 0.3) is 0 Å². The van der Waals surface area contributed by atoms with Crippen molar-refractivity contribution in [3.63, 3.8) is 0 Å². The van der Waals surface area contributed by atoms with Gasteiger partial charge in [0.2, 0.25) is 0 Å². The molecule has 0 spiro atoms. The Bertz CT molecular complexity index is 461. The molecule has 0 amide bonds. The van der Waals surface area contributed by atoms with Crippen LogP contribution in [0.25, 0.3) is 6.08 Å². The third-order valence-corrected chi connectivity index (χ3v) is 3.24. The van der Waals surface area contributed by atoms with Gasteiger partial charge in [-0.15, -0.1) is 6.58 Å². The Morgan fingerprint density at radius 2 is 2.05 bits per heavy atom. The second kappa shape index (κ2) is 6.70. The normalized spacial score (nSPS) is 12.1. The Labute approximate surface area is 117 Å². The predicted molar refractivity (Wildman–Crippen MR) is 83.0 cm³/mol. The number of rotatable bonds is 6. The van der Waals surface area contributed by atoms with Gasteiger partial charge in [0.05, 0.1) is 0 Å². The third-order valence-electron chi connectivity index (χ3n) is 3.24. The van der Waals surface area contributed by atoms with Crippen molar-refractivity contribution in [3.8, 4) is 0 Å². The van der Waals surface area contributed by atoms with E-state index in [0.717, 1.165) is 30.4 Å². The van der Waals surface area contributed by atoms with E-state index in [9.17, 15) is 4.39 Å². The average Bonchev–Trinajstić information content (AvgIpc) is 2.33. The lowest BCUT2D eigenvalue weighted by molar-refractivity contribution is 0.221. The van der Waals surface area contributed by atoms with E-state index in [0.29, 0.717) is 0 Å².